The van der Waals surface area contributed by atoms with Crippen molar-refractivity contribution in [1.82, 2.24) is 5.48 Å². The Hall–Kier alpha value is -2.33. The van der Waals surface area contributed by atoms with Gasteiger partial charge in [0.2, 0.25) is 0 Å². The predicted molar refractivity (Wildman–Crippen MR) is 90.1 cm³/mol. The van der Waals surface area contributed by atoms with Gasteiger partial charge in [0.25, 0.3) is 5.91 Å². The average molecular weight is 313 g/mol. The first kappa shape index (κ1) is 17.0. The van der Waals surface area contributed by atoms with E-state index in [-0.39, 0.29) is 12.5 Å². The molecule has 0 unspecified atom stereocenters. The molecule has 0 aromatic heterocycles. The number of hydrogen-bond acceptors (Lipinski definition) is 3. The van der Waals surface area contributed by atoms with E-state index in [0.29, 0.717) is 12.5 Å². The normalized spacial score (nSPS) is 10.6. The van der Waals surface area contributed by atoms with E-state index < -0.39 is 0 Å². The molecule has 23 heavy (non-hydrogen) atoms. The lowest BCUT2D eigenvalue weighted by Crippen LogP contribution is -2.29. The summed E-state index contributed by atoms with van der Waals surface area (Å²) in [5.74, 6) is 0.839. The smallest absolute Gasteiger partial charge is 0.281 e. The third-order valence-corrected chi connectivity index (χ3v) is 3.51. The molecule has 0 radical (unpaired) electrons. The molecule has 0 saturated heterocycles. The minimum atomic E-state index is -0.310. The molecule has 2 aromatic rings. The zero-order chi connectivity index (χ0) is 16.7. The lowest BCUT2D eigenvalue weighted by Gasteiger charge is -2.13. The van der Waals surface area contributed by atoms with Crippen LogP contribution >= 0.6 is 0 Å². The van der Waals surface area contributed by atoms with Gasteiger partial charge in [0, 0.05) is 0 Å². The molecule has 1 N–H and O–H groups in total. The molecular formula is C19H23NO3. The second kappa shape index (κ2) is 8.34. The molecule has 1 amide bonds. The Morgan fingerprint density at radius 1 is 1.13 bits per heavy atom. The van der Waals surface area contributed by atoms with Crippen LogP contribution in [-0.4, -0.2) is 12.5 Å². The highest BCUT2D eigenvalue weighted by Crippen LogP contribution is 2.24. The van der Waals surface area contributed by atoms with Gasteiger partial charge in [-0.15, -0.1) is 0 Å². The molecule has 0 fully saturated rings. The van der Waals surface area contributed by atoms with E-state index in [1.54, 1.807) is 0 Å². The summed E-state index contributed by atoms with van der Waals surface area (Å²) in [6, 6.07) is 15.7. The standard InChI is InChI=1S/C19H23NO3/c1-14(2)17-10-9-15(3)18(11-17)22-13-19(21)20-23-12-16-7-5-4-6-8-16/h4-11,14H,12-13H2,1-3H3,(H,20,21). The van der Waals surface area contributed by atoms with Gasteiger partial charge in [-0.25, -0.2) is 5.48 Å². The second-order valence-corrected chi connectivity index (χ2v) is 5.77. The van der Waals surface area contributed by atoms with Crippen LogP contribution in [0.5, 0.6) is 5.75 Å². The first-order valence-corrected chi connectivity index (χ1v) is 7.74. The van der Waals surface area contributed by atoms with Crippen molar-refractivity contribution in [3.8, 4) is 5.75 Å². The van der Waals surface area contributed by atoms with Crippen molar-refractivity contribution in [2.75, 3.05) is 6.61 Å². The molecule has 0 spiro atoms. The summed E-state index contributed by atoms with van der Waals surface area (Å²) in [5, 5.41) is 0. The van der Waals surface area contributed by atoms with Crippen molar-refractivity contribution in [2.45, 2.75) is 33.3 Å². The topological polar surface area (TPSA) is 47.6 Å². The van der Waals surface area contributed by atoms with Crippen LogP contribution in [0.4, 0.5) is 0 Å². The number of amides is 1. The fourth-order valence-electron chi connectivity index (χ4n) is 2.08. The molecule has 0 heterocycles. The number of hydrogen-bond donors (Lipinski definition) is 1. The zero-order valence-electron chi connectivity index (χ0n) is 13.8. The lowest BCUT2D eigenvalue weighted by atomic mass is 10.0. The van der Waals surface area contributed by atoms with Crippen LogP contribution in [-0.2, 0) is 16.2 Å². The number of aryl methyl sites for hydroxylation is 1. The molecule has 122 valence electrons. The predicted octanol–water partition coefficient (Wildman–Crippen LogP) is 3.75. The van der Waals surface area contributed by atoms with E-state index in [9.17, 15) is 4.79 Å². The van der Waals surface area contributed by atoms with Gasteiger partial charge in [0.1, 0.15) is 5.75 Å². The van der Waals surface area contributed by atoms with Crippen LogP contribution in [0.3, 0.4) is 0 Å². The third kappa shape index (κ3) is 5.42. The number of carbonyl (C=O) groups is 1. The molecule has 2 aromatic carbocycles. The van der Waals surface area contributed by atoms with Crippen molar-refractivity contribution in [2.24, 2.45) is 0 Å². The van der Waals surface area contributed by atoms with E-state index in [1.807, 2.05) is 49.4 Å². The number of hydroxylamine groups is 1. The van der Waals surface area contributed by atoms with Crippen molar-refractivity contribution < 1.29 is 14.4 Å². The number of nitrogens with one attached hydrogen (secondary N) is 1. The second-order valence-electron chi connectivity index (χ2n) is 5.77. The Bertz CT molecular complexity index is 638. The molecule has 0 aliphatic rings. The molecule has 2 rings (SSSR count). The molecule has 4 heteroatoms. The minimum Gasteiger partial charge on any atom is -0.483 e. The maximum Gasteiger partial charge on any atom is 0.281 e. The number of rotatable bonds is 7. The number of carbonyl (C=O) groups excluding carboxylic acids is 1. The summed E-state index contributed by atoms with van der Waals surface area (Å²) in [7, 11) is 0. The van der Waals surface area contributed by atoms with Gasteiger partial charge in [-0.2, -0.15) is 0 Å². The molecule has 0 bridgehead atoms. The molecule has 4 nitrogen and oxygen atoms in total. The van der Waals surface area contributed by atoms with Crippen molar-refractivity contribution in [1.29, 1.82) is 0 Å². The van der Waals surface area contributed by atoms with E-state index in [0.717, 1.165) is 16.9 Å². The van der Waals surface area contributed by atoms with Crippen LogP contribution in [0.1, 0.15) is 36.5 Å². The largest absolute Gasteiger partial charge is 0.483 e. The fraction of sp³-hybridized carbons (Fsp3) is 0.316. The van der Waals surface area contributed by atoms with Gasteiger partial charge >= 0.3 is 0 Å². The molecule has 0 aliphatic heterocycles. The minimum absolute atomic E-state index is 0.0722. The van der Waals surface area contributed by atoms with E-state index in [2.05, 4.69) is 25.4 Å². The first-order chi connectivity index (χ1) is 11.1. The fourth-order valence-corrected chi connectivity index (χ4v) is 2.08. The summed E-state index contributed by atoms with van der Waals surface area (Å²) in [6.45, 7) is 6.46. The molecular weight excluding hydrogens is 290 g/mol. The van der Waals surface area contributed by atoms with Gasteiger partial charge in [-0.3, -0.25) is 9.63 Å². The van der Waals surface area contributed by atoms with Gasteiger partial charge < -0.3 is 4.74 Å². The summed E-state index contributed by atoms with van der Waals surface area (Å²) in [6.07, 6.45) is 0. The van der Waals surface area contributed by atoms with Gasteiger partial charge in [-0.05, 0) is 35.6 Å². The highest BCUT2D eigenvalue weighted by atomic mass is 16.7. The van der Waals surface area contributed by atoms with E-state index >= 15 is 0 Å². The Balaban J connectivity index is 1.79. The van der Waals surface area contributed by atoms with Crippen molar-refractivity contribution in [3.63, 3.8) is 0 Å². The maximum atomic E-state index is 11.8. The average Bonchev–Trinajstić information content (AvgIpc) is 2.55. The highest BCUT2D eigenvalue weighted by molar-refractivity contribution is 5.76. The van der Waals surface area contributed by atoms with Crippen LogP contribution in [0.25, 0.3) is 0 Å². The Labute approximate surface area is 137 Å². The van der Waals surface area contributed by atoms with Crippen LogP contribution in [0.2, 0.25) is 0 Å². The molecule has 0 saturated carbocycles. The number of ether oxygens (including phenoxy) is 1. The summed E-state index contributed by atoms with van der Waals surface area (Å²) in [4.78, 5) is 17.0. The van der Waals surface area contributed by atoms with Crippen molar-refractivity contribution in [3.05, 3.63) is 65.2 Å². The molecule has 0 atom stereocenters. The Kier molecular flexibility index (Phi) is 6.18. The Morgan fingerprint density at radius 2 is 1.87 bits per heavy atom. The van der Waals surface area contributed by atoms with Crippen molar-refractivity contribution >= 4 is 5.91 Å². The molecule has 0 aliphatic carbocycles. The van der Waals surface area contributed by atoms with Crippen LogP contribution in [0, 0.1) is 6.92 Å². The van der Waals surface area contributed by atoms with E-state index in [4.69, 9.17) is 9.57 Å². The highest BCUT2D eigenvalue weighted by Gasteiger charge is 2.08. The summed E-state index contributed by atoms with van der Waals surface area (Å²) < 4.78 is 5.60. The SMILES string of the molecule is Cc1ccc(C(C)C)cc1OCC(=O)NOCc1ccccc1. The summed E-state index contributed by atoms with van der Waals surface area (Å²) in [5.41, 5.74) is 5.58. The maximum absolute atomic E-state index is 11.8. The van der Waals surface area contributed by atoms with Gasteiger partial charge in [-0.1, -0.05) is 56.3 Å². The summed E-state index contributed by atoms with van der Waals surface area (Å²) >= 11 is 0. The monoisotopic (exact) mass is 313 g/mol. The zero-order valence-corrected chi connectivity index (χ0v) is 13.8. The third-order valence-electron chi connectivity index (χ3n) is 3.51. The van der Waals surface area contributed by atoms with Gasteiger partial charge in [0.05, 0.1) is 6.61 Å². The lowest BCUT2D eigenvalue weighted by molar-refractivity contribution is -0.136. The quantitative estimate of drug-likeness (QED) is 0.792. The first-order valence-electron chi connectivity index (χ1n) is 7.74. The van der Waals surface area contributed by atoms with Gasteiger partial charge in [0.15, 0.2) is 6.61 Å². The van der Waals surface area contributed by atoms with Crippen LogP contribution in [0.15, 0.2) is 48.5 Å². The number of benzene rings is 2. The Morgan fingerprint density at radius 3 is 2.57 bits per heavy atom. The van der Waals surface area contributed by atoms with E-state index in [1.165, 1.54) is 5.56 Å². The van der Waals surface area contributed by atoms with Crippen LogP contribution < -0.4 is 10.2 Å².